The molecule has 2 aromatic rings. The van der Waals surface area contributed by atoms with Crippen molar-refractivity contribution < 1.29 is 0 Å². The Balaban J connectivity index is 2.35. The van der Waals surface area contributed by atoms with Gasteiger partial charge in [0.25, 0.3) is 0 Å². The van der Waals surface area contributed by atoms with Gasteiger partial charge in [-0.1, -0.05) is 25.4 Å². The maximum Gasteiger partial charge on any atom is 0.138 e. The lowest BCUT2D eigenvalue weighted by atomic mass is 10.1. The number of rotatable bonds is 3. The quantitative estimate of drug-likeness (QED) is 0.853. The molecule has 2 heterocycles. The highest BCUT2D eigenvalue weighted by molar-refractivity contribution is 6.30. The van der Waals surface area contributed by atoms with Crippen LogP contribution in [0.1, 0.15) is 25.3 Å². The first-order valence-electron chi connectivity index (χ1n) is 5.34. The first-order chi connectivity index (χ1) is 8.08. The zero-order valence-corrected chi connectivity index (χ0v) is 10.7. The van der Waals surface area contributed by atoms with Gasteiger partial charge in [0.05, 0.1) is 11.9 Å². The van der Waals surface area contributed by atoms with Crippen LogP contribution in [-0.4, -0.2) is 19.7 Å². The van der Waals surface area contributed by atoms with Crippen LogP contribution in [0.15, 0.2) is 18.7 Å². The van der Waals surface area contributed by atoms with Crippen molar-refractivity contribution in [2.24, 2.45) is 7.05 Å². The number of anilines is 2. The molecule has 2 aromatic heterocycles. The van der Waals surface area contributed by atoms with Gasteiger partial charge in [0.15, 0.2) is 0 Å². The summed E-state index contributed by atoms with van der Waals surface area (Å²) >= 11 is 6.08. The molecule has 0 radical (unpaired) electrons. The fraction of sp³-hybridized carbons (Fsp3) is 0.364. The third kappa shape index (κ3) is 2.55. The van der Waals surface area contributed by atoms with Gasteiger partial charge in [-0.05, 0) is 5.92 Å². The van der Waals surface area contributed by atoms with Gasteiger partial charge >= 0.3 is 0 Å². The number of hydrogen-bond donors (Lipinski definition) is 1. The third-order valence-corrected chi connectivity index (χ3v) is 2.68. The molecule has 0 saturated carbocycles. The summed E-state index contributed by atoms with van der Waals surface area (Å²) in [6.07, 6.45) is 5.06. The Morgan fingerprint density at radius 2 is 2.12 bits per heavy atom. The summed E-state index contributed by atoms with van der Waals surface area (Å²) in [6, 6.07) is 0. The summed E-state index contributed by atoms with van der Waals surface area (Å²) in [5.41, 5.74) is 1.79. The van der Waals surface area contributed by atoms with Gasteiger partial charge in [-0.15, -0.1) is 0 Å². The van der Waals surface area contributed by atoms with Crippen molar-refractivity contribution in [3.05, 3.63) is 29.4 Å². The largest absolute Gasteiger partial charge is 0.337 e. The van der Waals surface area contributed by atoms with E-state index in [2.05, 4.69) is 34.2 Å². The Bertz CT molecular complexity index is 520. The predicted octanol–water partition coefficient (Wildman–Crippen LogP) is 2.73. The van der Waals surface area contributed by atoms with Crippen LogP contribution in [0, 0.1) is 0 Å². The fourth-order valence-electron chi connectivity index (χ4n) is 1.61. The van der Waals surface area contributed by atoms with Gasteiger partial charge < -0.3 is 5.32 Å². The molecular formula is C11H14ClN5. The van der Waals surface area contributed by atoms with Crippen molar-refractivity contribution in [2.45, 2.75) is 19.8 Å². The molecule has 0 atom stereocenters. The summed E-state index contributed by atoms with van der Waals surface area (Å²) in [5, 5.41) is 7.77. The van der Waals surface area contributed by atoms with E-state index in [1.807, 2.05) is 13.2 Å². The summed E-state index contributed by atoms with van der Waals surface area (Å²) < 4.78 is 1.72. The van der Waals surface area contributed by atoms with Gasteiger partial charge in [0.2, 0.25) is 0 Å². The summed E-state index contributed by atoms with van der Waals surface area (Å²) in [5.74, 6) is 0.982. The third-order valence-electron chi connectivity index (χ3n) is 2.38. The highest BCUT2D eigenvalue weighted by Gasteiger charge is 2.13. The number of aromatic nitrogens is 4. The van der Waals surface area contributed by atoms with E-state index in [0.717, 1.165) is 17.1 Å². The maximum absolute atomic E-state index is 6.08. The lowest BCUT2D eigenvalue weighted by Crippen LogP contribution is -2.02. The van der Waals surface area contributed by atoms with Crippen molar-refractivity contribution >= 4 is 23.1 Å². The van der Waals surface area contributed by atoms with Crippen molar-refractivity contribution in [2.75, 3.05) is 5.32 Å². The molecule has 0 aliphatic rings. The van der Waals surface area contributed by atoms with Gasteiger partial charge in [-0.3, -0.25) is 4.68 Å². The second-order valence-electron chi connectivity index (χ2n) is 4.11. The number of nitrogens with one attached hydrogen (secondary N) is 1. The Kier molecular flexibility index (Phi) is 3.28. The zero-order valence-electron chi connectivity index (χ0n) is 9.98. The SMILES string of the molecule is CC(C)c1c(Cl)ncnc1Nc1cnn(C)c1. The topological polar surface area (TPSA) is 55.6 Å². The summed E-state index contributed by atoms with van der Waals surface area (Å²) in [7, 11) is 1.86. The van der Waals surface area contributed by atoms with Gasteiger partial charge in [-0.25, -0.2) is 9.97 Å². The summed E-state index contributed by atoms with van der Waals surface area (Å²) in [4.78, 5) is 8.22. The molecule has 0 saturated heterocycles. The fourth-order valence-corrected chi connectivity index (χ4v) is 1.96. The van der Waals surface area contributed by atoms with E-state index in [1.165, 1.54) is 6.33 Å². The van der Waals surface area contributed by atoms with Crippen molar-refractivity contribution in [3.63, 3.8) is 0 Å². The van der Waals surface area contributed by atoms with E-state index in [0.29, 0.717) is 5.15 Å². The van der Waals surface area contributed by atoms with Gasteiger partial charge in [0, 0.05) is 18.8 Å². The smallest absolute Gasteiger partial charge is 0.138 e. The van der Waals surface area contributed by atoms with Crippen LogP contribution < -0.4 is 5.32 Å². The van der Waals surface area contributed by atoms with E-state index >= 15 is 0 Å². The van der Waals surface area contributed by atoms with Crippen LogP contribution in [0.4, 0.5) is 11.5 Å². The highest BCUT2D eigenvalue weighted by atomic mass is 35.5. The molecule has 6 heteroatoms. The van der Waals surface area contributed by atoms with Gasteiger partial charge in [0.1, 0.15) is 17.3 Å². The monoisotopic (exact) mass is 251 g/mol. The molecule has 17 heavy (non-hydrogen) atoms. The van der Waals surface area contributed by atoms with Crippen molar-refractivity contribution in [3.8, 4) is 0 Å². The van der Waals surface area contributed by atoms with Crippen molar-refractivity contribution in [1.29, 1.82) is 0 Å². The molecule has 0 aromatic carbocycles. The minimum Gasteiger partial charge on any atom is -0.337 e. The minimum atomic E-state index is 0.253. The standard InChI is InChI=1S/C11H14ClN5/c1-7(2)9-10(12)13-6-14-11(9)16-8-4-15-17(3)5-8/h4-7H,1-3H3,(H,13,14,16). The lowest BCUT2D eigenvalue weighted by molar-refractivity contribution is 0.768. The highest BCUT2D eigenvalue weighted by Crippen LogP contribution is 2.29. The van der Waals surface area contributed by atoms with E-state index < -0.39 is 0 Å². The first kappa shape index (κ1) is 11.9. The second-order valence-corrected chi connectivity index (χ2v) is 4.47. The average molecular weight is 252 g/mol. The van der Waals surface area contributed by atoms with Crippen molar-refractivity contribution in [1.82, 2.24) is 19.7 Å². The van der Waals surface area contributed by atoms with E-state index in [1.54, 1.807) is 10.9 Å². The number of nitrogens with zero attached hydrogens (tertiary/aromatic N) is 4. The molecule has 0 amide bonds. The Morgan fingerprint density at radius 1 is 1.35 bits per heavy atom. The van der Waals surface area contributed by atoms with E-state index in [-0.39, 0.29) is 5.92 Å². The molecule has 0 unspecified atom stereocenters. The molecule has 2 rings (SSSR count). The van der Waals surface area contributed by atoms with Crippen LogP contribution in [0.25, 0.3) is 0 Å². The Hall–Kier alpha value is -1.62. The van der Waals surface area contributed by atoms with E-state index in [4.69, 9.17) is 11.6 Å². The molecule has 0 aliphatic heterocycles. The maximum atomic E-state index is 6.08. The molecule has 0 spiro atoms. The Labute approximate surface area is 105 Å². The molecule has 0 fully saturated rings. The molecular weight excluding hydrogens is 238 g/mol. The second kappa shape index (κ2) is 4.71. The first-order valence-corrected chi connectivity index (χ1v) is 5.71. The van der Waals surface area contributed by atoms with Crippen LogP contribution in [-0.2, 0) is 7.05 Å². The normalized spacial score (nSPS) is 10.9. The molecule has 5 nitrogen and oxygen atoms in total. The number of hydrogen-bond acceptors (Lipinski definition) is 4. The molecule has 90 valence electrons. The van der Waals surface area contributed by atoms with Crippen LogP contribution in [0.3, 0.4) is 0 Å². The van der Waals surface area contributed by atoms with Crippen LogP contribution >= 0.6 is 11.6 Å². The van der Waals surface area contributed by atoms with Crippen LogP contribution in [0.5, 0.6) is 0 Å². The van der Waals surface area contributed by atoms with Crippen LogP contribution in [0.2, 0.25) is 5.15 Å². The average Bonchev–Trinajstić information content (AvgIpc) is 2.63. The number of halogens is 1. The number of aryl methyl sites for hydroxylation is 1. The minimum absolute atomic E-state index is 0.253. The van der Waals surface area contributed by atoms with E-state index in [9.17, 15) is 0 Å². The zero-order chi connectivity index (χ0) is 12.4. The predicted molar refractivity (Wildman–Crippen MR) is 67.6 cm³/mol. The Morgan fingerprint density at radius 3 is 2.71 bits per heavy atom. The summed E-state index contributed by atoms with van der Waals surface area (Å²) in [6.45, 7) is 4.11. The molecule has 0 bridgehead atoms. The lowest BCUT2D eigenvalue weighted by Gasteiger charge is -2.12. The van der Waals surface area contributed by atoms with Gasteiger partial charge in [-0.2, -0.15) is 5.10 Å². The molecule has 1 N–H and O–H groups in total. The molecule has 0 aliphatic carbocycles.